The largest absolute Gasteiger partial charge is 0.484 e. The first-order chi connectivity index (χ1) is 16.3. The number of methoxy groups -OCH3 is 1. The molecule has 0 aliphatic carbocycles. The lowest BCUT2D eigenvalue weighted by atomic mass is 9.97. The monoisotopic (exact) mass is 468 g/mol. The smallest absolute Gasteiger partial charge is 0.422 e. The molecular formula is C28H24F4O2. The van der Waals surface area contributed by atoms with E-state index in [4.69, 9.17) is 9.47 Å². The molecule has 34 heavy (non-hydrogen) atoms. The second-order valence-corrected chi connectivity index (χ2v) is 8.15. The topological polar surface area (TPSA) is 18.5 Å². The average Bonchev–Trinajstić information content (AvgIpc) is 2.83. The van der Waals surface area contributed by atoms with Gasteiger partial charge in [-0.2, -0.15) is 13.2 Å². The van der Waals surface area contributed by atoms with Crippen LogP contribution in [0.5, 0.6) is 5.75 Å². The summed E-state index contributed by atoms with van der Waals surface area (Å²) in [4.78, 5) is 0. The van der Waals surface area contributed by atoms with Crippen molar-refractivity contribution < 1.29 is 27.0 Å². The second kappa shape index (κ2) is 10.3. The Morgan fingerprint density at radius 1 is 0.735 bits per heavy atom. The van der Waals surface area contributed by atoms with Crippen molar-refractivity contribution in [1.29, 1.82) is 0 Å². The molecule has 4 aromatic rings. The maximum absolute atomic E-state index is 15.2. The first-order valence-corrected chi connectivity index (χ1v) is 10.9. The number of hydrogen-bond acceptors (Lipinski definition) is 2. The van der Waals surface area contributed by atoms with Crippen molar-refractivity contribution in [2.75, 3.05) is 13.7 Å². The van der Waals surface area contributed by atoms with Crippen LogP contribution in [0.3, 0.4) is 0 Å². The van der Waals surface area contributed by atoms with E-state index in [0.29, 0.717) is 30.4 Å². The molecule has 4 aromatic carbocycles. The van der Waals surface area contributed by atoms with Gasteiger partial charge in [0, 0.05) is 12.5 Å². The quantitative estimate of drug-likeness (QED) is 0.249. The number of aryl methyl sites for hydroxylation is 2. The fourth-order valence-electron chi connectivity index (χ4n) is 3.87. The molecule has 0 amide bonds. The number of fused-ring (bicyclic) bond motifs is 1. The Labute approximate surface area is 195 Å². The van der Waals surface area contributed by atoms with Gasteiger partial charge in [0.2, 0.25) is 0 Å². The number of hydrogen-bond donors (Lipinski definition) is 0. The average molecular weight is 468 g/mol. The third-order valence-corrected chi connectivity index (χ3v) is 5.64. The summed E-state index contributed by atoms with van der Waals surface area (Å²) in [5.41, 5.74) is 4.64. The molecule has 0 spiro atoms. The lowest BCUT2D eigenvalue weighted by molar-refractivity contribution is -0.153. The summed E-state index contributed by atoms with van der Waals surface area (Å²) in [5.74, 6) is -0.0910. The van der Waals surface area contributed by atoms with Crippen LogP contribution in [0.4, 0.5) is 17.6 Å². The van der Waals surface area contributed by atoms with Crippen molar-refractivity contribution in [2.24, 2.45) is 0 Å². The van der Waals surface area contributed by atoms with Gasteiger partial charge in [0.1, 0.15) is 11.6 Å². The summed E-state index contributed by atoms with van der Waals surface area (Å²) in [6, 6.07) is 23.9. The van der Waals surface area contributed by atoms with Crippen molar-refractivity contribution in [3.8, 4) is 16.9 Å². The normalized spacial score (nSPS) is 11.7. The molecule has 0 fully saturated rings. The van der Waals surface area contributed by atoms with Gasteiger partial charge in [0.15, 0.2) is 6.61 Å². The third kappa shape index (κ3) is 5.94. The van der Waals surface area contributed by atoms with Crippen LogP contribution in [-0.4, -0.2) is 19.9 Å². The minimum atomic E-state index is -4.37. The Hall–Kier alpha value is -3.38. The van der Waals surface area contributed by atoms with E-state index in [0.717, 1.165) is 27.6 Å². The fraction of sp³-hybridized carbons (Fsp3) is 0.214. The van der Waals surface area contributed by atoms with Gasteiger partial charge in [-0.1, -0.05) is 60.7 Å². The summed E-state index contributed by atoms with van der Waals surface area (Å²) >= 11 is 0. The number of alkyl halides is 3. The number of ether oxygens (including phenoxy) is 2. The second-order valence-electron chi connectivity index (χ2n) is 8.15. The highest BCUT2D eigenvalue weighted by Gasteiger charge is 2.28. The Bertz CT molecular complexity index is 1250. The molecule has 0 aliphatic rings. The highest BCUT2D eigenvalue weighted by atomic mass is 19.4. The SMILES string of the molecule is COCc1ccc(-c2ccc3c(F)c(CCc4ccc(OCC(F)(F)F)cc4)ccc3c2)cc1. The molecule has 0 aromatic heterocycles. The van der Waals surface area contributed by atoms with E-state index in [-0.39, 0.29) is 11.6 Å². The Balaban J connectivity index is 1.44. The van der Waals surface area contributed by atoms with E-state index >= 15 is 4.39 Å². The van der Waals surface area contributed by atoms with Gasteiger partial charge in [-0.25, -0.2) is 4.39 Å². The molecular weight excluding hydrogens is 444 g/mol. The van der Waals surface area contributed by atoms with E-state index in [1.165, 1.54) is 12.1 Å². The molecule has 2 nitrogen and oxygen atoms in total. The van der Waals surface area contributed by atoms with Crippen molar-refractivity contribution in [3.63, 3.8) is 0 Å². The minimum Gasteiger partial charge on any atom is -0.484 e. The van der Waals surface area contributed by atoms with Crippen molar-refractivity contribution >= 4 is 10.8 Å². The molecule has 0 saturated heterocycles. The predicted octanol–water partition coefficient (Wildman–Crippen LogP) is 7.52. The molecule has 176 valence electrons. The summed E-state index contributed by atoms with van der Waals surface area (Å²) in [5, 5.41) is 1.39. The molecule has 6 heteroatoms. The highest BCUT2D eigenvalue weighted by Crippen LogP contribution is 2.28. The van der Waals surface area contributed by atoms with Gasteiger partial charge >= 0.3 is 6.18 Å². The zero-order valence-electron chi connectivity index (χ0n) is 18.7. The molecule has 0 saturated carbocycles. The molecule has 0 atom stereocenters. The van der Waals surface area contributed by atoms with Crippen molar-refractivity contribution in [3.05, 3.63) is 101 Å². The lowest BCUT2D eigenvalue weighted by Gasteiger charge is -2.11. The molecule has 0 heterocycles. The zero-order valence-corrected chi connectivity index (χ0v) is 18.7. The van der Waals surface area contributed by atoms with E-state index in [9.17, 15) is 13.2 Å². The fourth-order valence-corrected chi connectivity index (χ4v) is 3.87. The molecule has 4 rings (SSSR count). The van der Waals surface area contributed by atoms with Crippen LogP contribution in [0, 0.1) is 5.82 Å². The van der Waals surface area contributed by atoms with E-state index in [1.54, 1.807) is 31.4 Å². The summed E-state index contributed by atoms with van der Waals surface area (Å²) in [6.45, 7) is -0.766. The van der Waals surface area contributed by atoms with Crippen LogP contribution in [0.1, 0.15) is 16.7 Å². The first-order valence-electron chi connectivity index (χ1n) is 10.9. The van der Waals surface area contributed by atoms with Gasteiger partial charge in [-0.15, -0.1) is 0 Å². The number of rotatable bonds is 8. The van der Waals surface area contributed by atoms with Gasteiger partial charge in [0.25, 0.3) is 0 Å². The van der Waals surface area contributed by atoms with Crippen molar-refractivity contribution in [2.45, 2.75) is 25.6 Å². The van der Waals surface area contributed by atoms with E-state index in [1.807, 2.05) is 42.5 Å². The third-order valence-electron chi connectivity index (χ3n) is 5.64. The zero-order chi connectivity index (χ0) is 24.1. The van der Waals surface area contributed by atoms with Gasteiger partial charge in [-0.05, 0) is 64.2 Å². The number of benzene rings is 4. The Kier molecular flexibility index (Phi) is 7.17. The Morgan fingerprint density at radius 3 is 2.09 bits per heavy atom. The molecule has 0 aliphatic heterocycles. The Morgan fingerprint density at radius 2 is 1.41 bits per heavy atom. The van der Waals surface area contributed by atoms with Crippen LogP contribution in [0.25, 0.3) is 21.9 Å². The maximum atomic E-state index is 15.2. The van der Waals surface area contributed by atoms with Gasteiger partial charge in [0.05, 0.1) is 6.61 Å². The summed E-state index contributed by atoms with van der Waals surface area (Å²) in [6.07, 6.45) is -3.33. The van der Waals surface area contributed by atoms with Crippen LogP contribution in [0.15, 0.2) is 78.9 Å². The van der Waals surface area contributed by atoms with Gasteiger partial charge < -0.3 is 9.47 Å². The van der Waals surface area contributed by atoms with Crippen LogP contribution in [-0.2, 0) is 24.2 Å². The van der Waals surface area contributed by atoms with Crippen molar-refractivity contribution in [1.82, 2.24) is 0 Å². The lowest BCUT2D eigenvalue weighted by Crippen LogP contribution is -2.19. The van der Waals surface area contributed by atoms with Crippen LogP contribution in [0.2, 0.25) is 0 Å². The predicted molar refractivity (Wildman–Crippen MR) is 125 cm³/mol. The minimum absolute atomic E-state index is 0.155. The van der Waals surface area contributed by atoms with Gasteiger partial charge in [-0.3, -0.25) is 0 Å². The maximum Gasteiger partial charge on any atom is 0.422 e. The number of halogens is 4. The molecule has 0 N–H and O–H groups in total. The molecule has 0 bridgehead atoms. The molecule has 0 unspecified atom stereocenters. The summed E-state index contributed by atoms with van der Waals surface area (Å²) in [7, 11) is 1.66. The van der Waals surface area contributed by atoms with Crippen LogP contribution >= 0.6 is 0 Å². The first kappa shape index (κ1) is 23.8. The summed E-state index contributed by atoms with van der Waals surface area (Å²) < 4.78 is 61.8. The highest BCUT2D eigenvalue weighted by molar-refractivity contribution is 5.88. The van der Waals surface area contributed by atoms with E-state index < -0.39 is 12.8 Å². The standard InChI is InChI=1S/C28H24F4O2/c1-33-17-20-3-7-21(8-4-20)23-12-15-26-24(16-23)11-10-22(27(26)29)9-2-19-5-13-25(14-6-19)34-18-28(30,31)32/h3-8,10-16H,2,9,17-18H2,1H3. The van der Waals surface area contributed by atoms with Crippen LogP contribution < -0.4 is 4.74 Å². The molecule has 0 radical (unpaired) electrons. The van der Waals surface area contributed by atoms with E-state index in [2.05, 4.69) is 0 Å².